The molecule has 588 valence electrons. The van der Waals surface area contributed by atoms with E-state index in [1.807, 2.05) is 342 Å². The molecule has 4 N–H and O–H groups in total. The quantitative estimate of drug-likeness (QED) is 0.111. The molecule has 0 aliphatic carbocycles. The molecule has 16 nitrogen and oxygen atoms in total. The van der Waals surface area contributed by atoms with Crippen molar-refractivity contribution in [1.29, 1.82) is 0 Å². The van der Waals surface area contributed by atoms with Gasteiger partial charge in [-0.25, -0.2) is 29.9 Å². The first kappa shape index (κ1) is 113. The number of imidazole rings is 2. The number of nitrogens with one attached hydrogen (secondary N) is 4. The average Bonchev–Trinajstić information content (AvgIpc) is 1.79. The number of rotatable bonds is 0. The number of benzene rings is 5. The van der Waals surface area contributed by atoms with E-state index >= 15 is 0 Å². The summed E-state index contributed by atoms with van der Waals surface area (Å²) in [4.78, 5) is 42.1. The minimum atomic E-state index is 0.845. The van der Waals surface area contributed by atoms with E-state index in [1.54, 1.807) is 101 Å². The van der Waals surface area contributed by atoms with E-state index < -0.39 is 0 Å². The van der Waals surface area contributed by atoms with Crippen molar-refractivity contribution in [2.24, 2.45) is 0 Å². The van der Waals surface area contributed by atoms with Gasteiger partial charge < -0.3 is 33.3 Å². The van der Waals surface area contributed by atoms with Crippen LogP contribution in [-0.2, 0) is 0 Å². The monoisotopic (exact) mass is 1540 g/mol. The molecule has 107 heavy (non-hydrogen) atoms. The molecule has 12 heterocycles. The highest BCUT2D eigenvalue weighted by Gasteiger charge is 1.93. The summed E-state index contributed by atoms with van der Waals surface area (Å²) in [6.45, 7) is 52.0. The van der Waals surface area contributed by atoms with Gasteiger partial charge in [-0.2, -0.15) is 11.3 Å². The Labute approximate surface area is 661 Å². The number of thiazole rings is 2. The Kier molecular flexibility index (Phi) is 110. The molecule has 17 rings (SSSR count). The number of hydrogen-bond donors (Lipinski definition) is 4. The van der Waals surface area contributed by atoms with E-state index in [9.17, 15) is 0 Å². The maximum atomic E-state index is 5.01. The van der Waals surface area contributed by atoms with Crippen LogP contribution in [0.25, 0.3) is 53.3 Å². The molecule has 5 aromatic carbocycles. The number of thiophene rings is 2. The molecule has 20 heteroatoms. The standard InChI is InChI=1S/C8H7N.C8H6S.C7H6N2.C7H5NO.C7H5NS.C5H5N.C4H5N.C4H4S.C3H4N2.C3H3NO.C3H3NS.C2H2N2O.13C2H6/c2*1-2-4-8-7(3-1)5-6-9-8;3*1-2-4-7-6(3-1)8-5-9-7;1-2-4-6-5-3-1;2*1-2-4-5-3-1;3*1-2-5-3-4-1;1-3-2-5-4-1;13*1-2/h1-6,9H;1-6H;1-5H,(H,8,9);2*1-5H;1-5H;1-5H;1-4H;1-3H,(H,4,5);2*1-3H;1-2H;13*1-2H3. The molecule has 0 fully saturated rings. The summed E-state index contributed by atoms with van der Waals surface area (Å²) in [6.07, 6.45) is 26.3. The third-order valence-corrected chi connectivity index (χ3v) is 12.4. The number of oxazole rings is 2. The van der Waals surface area contributed by atoms with E-state index in [0.717, 1.165) is 27.6 Å². The van der Waals surface area contributed by atoms with E-state index in [1.165, 1.54) is 57.5 Å². The Morgan fingerprint density at radius 3 is 1.27 bits per heavy atom. The van der Waals surface area contributed by atoms with Crippen LogP contribution in [0.1, 0.15) is 180 Å². The number of pyridine rings is 1. The molecule has 12 aromatic heterocycles. The summed E-state index contributed by atoms with van der Waals surface area (Å²) in [5.41, 5.74) is 9.84. The fraction of sp³-hybridized carbons (Fsp3) is 0.299. The summed E-state index contributed by atoms with van der Waals surface area (Å²) in [7, 11) is 0. The highest BCUT2D eigenvalue weighted by atomic mass is 32.1. The zero-order chi connectivity index (χ0) is 82.0. The first-order chi connectivity index (χ1) is 53.3. The van der Waals surface area contributed by atoms with Crippen LogP contribution >= 0.6 is 45.3 Å². The number of fused-ring (bicyclic) bond motifs is 5. The van der Waals surface area contributed by atoms with Crippen LogP contribution in [-0.4, -0.2) is 65.0 Å². The normalized spacial score (nSPS) is 7.72. The molecule has 17 aromatic rings. The van der Waals surface area contributed by atoms with Crippen molar-refractivity contribution in [3.05, 3.63) is 309 Å². The van der Waals surface area contributed by atoms with Crippen molar-refractivity contribution in [3.8, 4) is 0 Å². The average molecular weight is 1540 g/mol. The minimum absolute atomic E-state index is 0.845. The van der Waals surface area contributed by atoms with Gasteiger partial charge in [0, 0.05) is 65.2 Å². The highest BCUT2D eigenvalue weighted by molar-refractivity contribution is 7.17. The molecular weight excluding hydrogens is 1400 g/mol. The minimum Gasteiger partial charge on any atom is -0.452 e. The van der Waals surface area contributed by atoms with E-state index in [2.05, 4.69) is 134 Å². The number of para-hydroxylation sites is 6. The second-order valence-electron chi connectivity index (χ2n) is 15.0. The van der Waals surface area contributed by atoms with Crippen LogP contribution in [0, 0.1) is 0 Å². The second-order valence-corrected chi connectivity index (χ2v) is 18.4. The lowest BCUT2D eigenvalue weighted by Gasteiger charge is -1.83. The van der Waals surface area contributed by atoms with E-state index in [-0.39, 0.29) is 0 Å². The third kappa shape index (κ3) is 68.6. The van der Waals surface area contributed by atoms with Gasteiger partial charge in [-0.3, -0.25) is 9.97 Å². The molecule has 0 saturated carbocycles. The van der Waals surface area contributed by atoms with Gasteiger partial charge in [-0.05, 0) is 112 Å². The van der Waals surface area contributed by atoms with E-state index in [4.69, 9.17) is 4.42 Å². The van der Waals surface area contributed by atoms with Gasteiger partial charge in [0.2, 0.25) is 6.39 Å². The number of aromatic nitrogens is 13. The number of H-pyrrole nitrogens is 4. The third-order valence-electron chi connectivity index (χ3n) is 9.50. The molecular formula is C87H133N13O3S4. The molecule has 0 unspecified atom stereocenters. The number of nitrogens with zero attached hydrogens (tertiary/aromatic N) is 9. The van der Waals surface area contributed by atoms with Crippen molar-refractivity contribution >= 4 is 98.7 Å². The summed E-state index contributed by atoms with van der Waals surface area (Å²) >= 11 is 6.78. The maximum absolute atomic E-state index is 5.01. The summed E-state index contributed by atoms with van der Waals surface area (Å²) in [5, 5.41) is 14.0. The topological polar surface area (TPSA) is 219 Å². The zero-order valence-electron chi connectivity index (χ0n) is 69.3. The van der Waals surface area contributed by atoms with Crippen LogP contribution in [0.4, 0.5) is 0 Å². The van der Waals surface area contributed by atoms with Crippen molar-refractivity contribution < 1.29 is 13.4 Å². The van der Waals surface area contributed by atoms with E-state index in [0.29, 0.717) is 0 Å². The fourth-order valence-corrected chi connectivity index (χ4v) is 8.18. The van der Waals surface area contributed by atoms with Gasteiger partial charge in [-0.1, -0.05) is 276 Å². The molecule has 0 amide bonds. The van der Waals surface area contributed by atoms with Crippen molar-refractivity contribution in [2.75, 3.05) is 0 Å². The van der Waals surface area contributed by atoms with Gasteiger partial charge in [0.15, 0.2) is 24.7 Å². The number of aromatic amines is 4. The first-order valence-electron chi connectivity index (χ1n) is 37.4. The molecule has 0 radical (unpaired) electrons. The summed E-state index contributed by atoms with van der Waals surface area (Å²) in [6, 6.07) is 58.2. The molecule has 0 spiro atoms. The Morgan fingerprint density at radius 1 is 0.308 bits per heavy atom. The first-order valence-corrected chi connectivity index (χ1v) is 41.0. The summed E-state index contributed by atoms with van der Waals surface area (Å²) in [5.74, 6) is 0. The highest BCUT2D eigenvalue weighted by Crippen LogP contribution is 2.19. The molecule has 0 saturated heterocycles. The van der Waals surface area contributed by atoms with Crippen LogP contribution in [0.3, 0.4) is 0 Å². The predicted molar refractivity (Wildman–Crippen MR) is 478 cm³/mol. The van der Waals surface area contributed by atoms with Gasteiger partial charge in [0.1, 0.15) is 11.8 Å². The Hall–Kier alpha value is -10.3. The van der Waals surface area contributed by atoms with Gasteiger partial charge in [0.25, 0.3) is 0 Å². The van der Waals surface area contributed by atoms with Gasteiger partial charge in [0.05, 0.1) is 51.1 Å². The largest absolute Gasteiger partial charge is 0.452 e. The van der Waals surface area contributed by atoms with Crippen LogP contribution in [0.15, 0.2) is 322 Å². The lowest BCUT2D eigenvalue weighted by Crippen LogP contribution is -1.63. The lowest BCUT2D eigenvalue weighted by molar-refractivity contribution is 0.416. The number of hydrogen-bond acceptors (Lipinski definition) is 16. The lowest BCUT2D eigenvalue weighted by atomic mass is 10.3. The molecule has 0 bridgehead atoms. The van der Waals surface area contributed by atoms with Crippen LogP contribution in [0.2, 0.25) is 0 Å². The Balaban J connectivity index is -0.000000163. The molecule has 0 atom stereocenters. The van der Waals surface area contributed by atoms with Crippen molar-refractivity contribution in [3.63, 3.8) is 0 Å². The van der Waals surface area contributed by atoms with Crippen molar-refractivity contribution in [2.45, 2.75) is 180 Å². The van der Waals surface area contributed by atoms with Crippen molar-refractivity contribution in [1.82, 2.24) is 65.0 Å². The smallest absolute Gasteiger partial charge is 0.213 e. The van der Waals surface area contributed by atoms with Crippen LogP contribution < -0.4 is 0 Å². The molecule has 0 aliphatic heterocycles. The summed E-state index contributed by atoms with van der Waals surface area (Å²) < 4.78 is 16.3. The SMILES string of the molecule is CC.CC.CC.CC.CC.CC.CC.CC.CC.CC.CC.CC.CC.c1c[nH]cn1.c1cc[nH]c1.c1ccc2[nH]ccc2c1.c1ccc2[nH]cnc2c1.c1ccc2ocnc2c1.c1ccc2sccc2c1.c1ccc2scnc2c1.c1ccncc1.c1ccsc1.c1cocn1.c1cscn1.c1ncon1. The molecule has 0 aliphatic rings. The fourth-order valence-electron chi connectivity index (χ4n) is 5.91. The Morgan fingerprint density at radius 2 is 0.879 bits per heavy atom. The maximum Gasteiger partial charge on any atom is 0.213 e. The van der Waals surface area contributed by atoms with Gasteiger partial charge >= 0.3 is 0 Å². The second kappa shape index (κ2) is 104. The zero-order valence-corrected chi connectivity index (χ0v) is 72.6. The van der Waals surface area contributed by atoms with Gasteiger partial charge in [-0.15, -0.1) is 34.0 Å². The Bertz CT molecular complexity index is 3080. The van der Waals surface area contributed by atoms with Crippen LogP contribution in [0.5, 0.6) is 0 Å². The predicted octanol–water partition coefficient (Wildman–Crippen LogP) is 30.2.